The number of nitrogens with one attached hydrogen (secondary N) is 9. The Morgan fingerprint density at radius 1 is 0.420 bits per heavy atom. The Morgan fingerprint density at radius 3 is 1.25 bits per heavy atom. The Hall–Kier alpha value is -8.76. The topological polar surface area (TPSA) is 185 Å². The lowest BCUT2D eigenvalue weighted by molar-refractivity contribution is 0.102. The van der Waals surface area contributed by atoms with Crippen molar-refractivity contribution in [2.24, 2.45) is 7.05 Å². The number of fused-ring (bicyclic) bond motifs is 8. The summed E-state index contributed by atoms with van der Waals surface area (Å²) in [6.45, 7) is 0. The lowest BCUT2D eigenvalue weighted by atomic mass is 9.96. The highest BCUT2D eigenvalue weighted by atomic mass is 32.1. The van der Waals surface area contributed by atoms with E-state index >= 15 is 0 Å². The van der Waals surface area contributed by atoms with E-state index in [1.807, 2.05) is 180 Å². The Labute approximate surface area is 493 Å². The van der Waals surface area contributed by atoms with Gasteiger partial charge in [0.05, 0.1) is 69.2 Å². The van der Waals surface area contributed by atoms with Gasteiger partial charge in [-0.1, -0.05) is 103 Å². The normalized spacial score (nSPS) is 20.2. The average Bonchev–Trinajstić information content (AvgIpc) is 4.37. The predicted molar refractivity (Wildman–Crippen MR) is 332 cm³/mol. The molecule has 0 saturated carbocycles. The fourth-order valence-electron chi connectivity index (χ4n) is 11.4. The molecule has 0 spiro atoms. The van der Waals surface area contributed by atoms with Crippen LogP contribution in [0.3, 0.4) is 0 Å². The van der Waals surface area contributed by atoms with E-state index < -0.39 is 0 Å². The largest absolute Gasteiger partial charge is 0.363 e. The summed E-state index contributed by atoms with van der Waals surface area (Å²) in [4.78, 5) is 55.0. The van der Waals surface area contributed by atoms with Crippen LogP contribution in [-0.4, -0.2) is 53.1 Å². The van der Waals surface area contributed by atoms with Crippen LogP contribution in [0.15, 0.2) is 190 Å². The van der Waals surface area contributed by atoms with Gasteiger partial charge >= 0.3 is 0 Å². The van der Waals surface area contributed by atoms with Crippen molar-refractivity contribution in [2.75, 3.05) is 0 Å². The smallest absolute Gasteiger partial charge is 0.194 e. The van der Waals surface area contributed by atoms with E-state index in [0.29, 0.717) is 20.4 Å². The fraction of sp³-hybridized carbons (Fsp3) is 0.0820. The first-order valence-electron chi connectivity index (χ1n) is 25.6. The van der Waals surface area contributed by atoms with Crippen LogP contribution in [0.1, 0.15) is 110 Å². The van der Waals surface area contributed by atoms with Gasteiger partial charge in [0.2, 0.25) is 0 Å². The highest BCUT2D eigenvalue weighted by Gasteiger charge is 2.43. The quantitative estimate of drug-likeness (QED) is 0.0758. The van der Waals surface area contributed by atoms with Crippen molar-refractivity contribution in [3.8, 4) is 0 Å². The van der Waals surface area contributed by atoms with E-state index in [2.05, 4.69) is 47.5 Å². The van der Waals surface area contributed by atoms with Gasteiger partial charge in [0.15, 0.2) is 43.6 Å². The molecule has 0 saturated heterocycles. The number of aromatic nitrogens is 2. The van der Waals surface area contributed by atoms with Gasteiger partial charge in [0.25, 0.3) is 0 Å². The molecule has 8 aliphatic rings. The van der Waals surface area contributed by atoms with Crippen molar-refractivity contribution in [1.82, 2.24) is 52.1 Å². The van der Waals surface area contributed by atoms with Crippen molar-refractivity contribution in [2.45, 2.75) is 24.2 Å². The van der Waals surface area contributed by atoms with E-state index in [1.165, 1.54) is 0 Å². The van der Waals surface area contributed by atoms with E-state index in [0.717, 1.165) is 111 Å². The monoisotopic (exact) mass is 1170 g/mol. The van der Waals surface area contributed by atoms with E-state index in [9.17, 15) is 19.2 Å². The second-order valence-corrected chi connectivity index (χ2v) is 22.9. The number of H-pyrrole nitrogens is 1. The maximum Gasteiger partial charge on any atom is 0.194 e. The zero-order valence-corrected chi connectivity index (χ0v) is 47.4. The molecule has 14 nitrogen and oxygen atoms in total. The van der Waals surface area contributed by atoms with Gasteiger partial charge in [-0.05, 0) is 107 Å². The molecule has 4 aliphatic carbocycles. The minimum absolute atomic E-state index is 0.0534. The first kappa shape index (κ1) is 51.7. The van der Waals surface area contributed by atoms with Gasteiger partial charge in [-0.25, -0.2) is 0 Å². The molecule has 0 radical (unpaired) electrons. The molecule has 8 heterocycles. The third-order valence-electron chi connectivity index (χ3n) is 14.9. The van der Waals surface area contributed by atoms with Gasteiger partial charge in [-0.3, -0.25) is 19.2 Å². The number of aryl methyl sites for hydroxylation is 1. The molecule has 9 N–H and O–H groups in total. The van der Waals surface area contributed by atoms with Crippen LogP contribution in [-0.2, 0) is 7.05 Å². The number of hydrogen-bond donors (Lipinski definition) is 9. The van der Waals surface area contributed by atoms with Crippen molar-refractivity contribution < 1.29 is 19.2 Å². The Bertz CT molecular complexity index is 3860. The molecule has 81 heavy (non-hydrogen) atoms. The molecule has 4 atom stereocenters. The van der Waals surface area contributed by atoms with Crippen molar-refractivity contribution >= 4 is 138 Å². The Morgan fingerprint density at radius 2 is 0.840 bits per heavy atom. The molecular formula is C61H44N10O4S6. The molecule has 4 unspecified atom stereocenters. The molecular weight excluding hydrogens is 1130 g/mol. The van der Waals surface area contributed by atoms with Gasteiger partial charge in [-0.2, -0.15) is 11.3 Å². The van der Waals surface area contributed by atoms with Crippen molar-refractivity contribution in [3.05, 3.63) is 257 Å². The Balaban J connectivity index is 0.000000102. The molecule has 0 bridgehead atoms. The SMILES string of the molecule is Cn1cccc1C1NC(=S)NC2=C1C(=O)c1ccccc12.O=C1C2=C(NC(=S)NC2c2ccc[nH]2)c2ccccc21.O=C1C2=C(NC(=S)NC2c2cccs2)c2ccccc21.O=C1C2=C(NC(=S)NC2c2ccsc2)c2ccccc21. The molecule has 4 aromatic carbocycles. The van der Waals surface area contributed by atoms with Crippen LogP contribution >= 0.6 is 71.5 Å². The summed E-state index contributed by atoms with van der Waals surface area (Å²) in [7, 11) is 1.97. The summed E-state index contributed by atoms with van der Waals surface area (Å²) in [5, 5.41) is 33.6. The van der Waals surface area contributed by atoms with E-state index in [1.54, 1.807) is 22.7 Å². The molecule has 398 valence electrons. The lowest BCUT2D eigenvalue weighted by Gasteiger charge is -2.28. The number of Topliss-reactive ketones (excluding diaryl/α,β-unsaturated/α-hetero) is 4. The molecule has 0 amide bonds. The van der Waals surface area contributed by atoms with Crippen LogP contribution in [0.5, 0.6) is 0 Å². The summed E-state index contributed by atoms with van der Waals surface area (Å²) in [6.07, 6.45) is 3.81. The minimum atomic E-state index is -0.228. The summed E-state index contributed by atoms with van der Waals surface area (Å²) in [5.74, 6) is 0.276. The highest BCUT2D eigenvalue weighted by molar-refractivity contribution is 7.80. The van der Waals surface area contributed by atoms with Crippen LogP contribution in [0.4, 0.5) is 0 Å². The minimum Gasteiger partial charge on any atom is -0.363 e. The molecule has 4 aromatic heterocycles. The number of thiophene rings is 2. The maximum absolute atomic E-state index is 12.8. The third-order valence-corrected chi connectivity index (χ3v) is 17.5. The van der Waals surface area contributed by atoms with Gasteiger partial charge < -0.3 is 52.1 Å². The molecule has 4 aliphatic heterocycles. The second kappa shape index (κ2) is 21.0. The number of carbonyl (C=O) groups excluding carboxylic acids is 4. The summed E-state index contributed by atoms with van der Waals surface area (Å²) < 4.78 is 2.01. The van der Waals surface area contributed by atoms with E-state index in [-0.39, 0.29) is 47.3 Å². The standard InChI is InChI=1S/C16H13N3OS.C15H11N3OS.2C15H10N2OS2/c1-19-8-4-7-11(19)14-12-13(17-16(21)18-14)9-5-2-3-6-10(9)15(12)20;19-14-9-5-2-1-4-8(9)12-11(14)13(18-15(20)17-12)10-6-3-7-16-10;18-14-9-5-2-1-4-8(9)12-11(14)13(17-15(19)16-12)10-6-3-7-20-10;18-14-10-4-2-1-3-9(10)13-11(14)12(16-15(19)17-13)8-5-6-20-7-8/h2-8,14H,1H3,(H2,17,18,21);1-7,13,16H,(H2,17,18,20);1-7,13H,(H2,16,17,19);1-7,12H,(H2,16,17,19). The first-order chi connectivity index (χ1) is 39.4. The van der Waals surface area contributed by atoms with Crippen LogP contribution in [0.25, 0.3) is 22.8 Å². The number of carbonyl (C=O) groups is 4. The first-order valence-corrected chi connectivity index (χ1v) is 29.0. The second-order valence-electron chi connectivity index (χ2n) is 19.5. The average molecular weight is 1170 g/mol. The molecule has 0 fully saturated rings. The van der Waals surface area contributed by atoms with Gasteiger partial charge in [0, 0.05) is 80.2 Å². The van der Waals surface area contributed by atoms with Crippen LogP contribution in [0.2, 0.25) is 0 Å². The van der Waals surface area contributed by atoms with Gasteiger partial charge in [-0.15, -0.1) is 11.3 Å². The third kappa shape index (κ3) is 9.05. The fourth-order valence-corrected chi connectivity index (χ4v) is 13.7. The number of rotatable bonds is 4. The number of aromatic amines is 1. The number of thiocarbonyl (C=S) groups is 4. The maximum atomic E-state index is 12.8. The van der Waals surface area contributed by atoms with Crippen molar-refractivity contribution in [3.63, 3.8) is 0 Å². The number of nitrogens with zero attached hydrogens (tertiary/aromatic N) is 1. The van der Waals surface area contributed by atoms with Crippen LogP contribution < -0.4 is 42.5 Å². The summed E-state index contributed by atoms with van der Waals surface area (Å²) >= 11 is 24.4. The Kier molecular flexibility index (Phi) is 13.4. The summed E-state index contributed by atoms with van der Waals surface area (Å²) in [5.41, 5.74) is 16.1. The van der Waals surface area contributed by atoms with Crippen molar-refractivity contribution in [1.29, 1.82) is 0 Å². The predicted octanol–water partition coefficient (Wildman–Crippen LogP) is 10.0. The van der Waals surface area contributed by atoms with Gasteiger partial charge in [0.1, 0.15) is 0 Å². The van der Waals surface area contributed by atoms with Crippen LogP contribution in [0, 0.1) is 0 Å². The highest BCUT2D eigenvalue weighted by Crippen LogP contribution is 2.44. The molecule has 8 aromatic rings. The summed E-state index contributed by atoms with van der Waals surface area (Å²) in [6, 6.07) is 43.7. The number of hydrogen-bond acceptors (Lipinski definition) is 10. The van der Waals surface area contributed by atoms with E-state index in [4.69, 9.17) is 48.9 Å². The zero-order chi connectivity index (χ0) is 55.6. The molecule has 16 rings (SSSR count). The zero-order valence-electron chi connectivity index (χ0n) is 42.5. The number of ketones is 4. The molecule has 20 heteroatoms. The lowest BCUT2D eigenvalue weighted by Crippen LogP contribution is -2.43. The number of benzene rings is 4.